The second kappa shape index (κ2) is 14.5. The van der Waals surface area contributed by atoms with Gasteiger partial charge in [-0.3, -0.25) is 0 Å². The van der Waals surface area contributed by atoms with Crippen LogP contribution < -0.4 is 0 Å². The van der Waals surface area contributed by atoms with Crippen molar-refractivity contribution in [3.8, 4) is 6.07 Å². The van der Waals surface area contributed by atoms with Gasteiger partial charge in [-0.15, -0.1) is 0 Å². The first-order chi connectivity index (χ1) is 23.8. The summed E-state index contributed by atoms with van der Waals surface area (Å²) in [5.41, 5.74) is -2.33. The van der Waals surface area contributed by atoms with Crippen LogP contribution in [-0.2, 0) is 20.9 Å². The maximum atomic E-state index is 13.9. The molecule has 51 heavy (non-hydrogen) atoms. The van der Waals surface area contributed by atoms with Gasteiger partial charge in [0, 0.05) is 48.5 Å². The summed E-state index contributed by atoms with van der Waals surface area (Å²) in [6.07, 6.45) is -10.4. The van der Waals surface area contributed by atoms with Crippen molar-refractivity contribution in [1.82, 2.24) is 0 Å². The predicted molar refractivity (Wildman–Crippen MR) is 188 cm³/mol. The van der Waals surface area contributed by atoms with Crippen LogP contribution in [0, 0.1) is 25.2 Å². The second-order valence-electron chi connectivity index (χ2n) is 11.7. The molecule has 6 rings (SSSR count). The minimum Gasteiger partial charge on any atom is -0.374 e. The van der Waals surface area contributed by atoms with Gasteiger partial charge in [0.1, 0.15) is 0 Å². The van der Waals surface area contributed by atoms with Crippen LogP contribution in [0.3, 0.4) is 0 Å². The number of rotatable bonds is 4. The Kier molecular flexibility index (Phi) is 11.0. The Labute approximate surface area is 316 Å². The fourth-order valence-corrected chi connectivity index (χ4v) is 6.78. The van der Waals surface area contributed by atoms with Crippen LogP contribution in [0.5, 0.6) is 0 Å². The maximum absolute atomic E-state index is 13.9. The van der Waals surface area contributed by atoms with Crippen molar-refractivity contribution in [2.45, 2.75) is 50.2 Å². The van der Waals surface area contributed by atoms with E-state index in [1.807, 2.05) is 13.0 Å². The normalized spacial score (nSPS) is 20.0. The second-order valence-corrected chi connectivity index (χ2v) is 14.3. The molecule has 0 fully saturated rings. The zero-order valence-electron chi connectivity index (χ0n) is 26.2. The van der Waals surface area contributed by atoms with Crippen LogP contribution in [0.1, 0.15) is 51.8 Å². The van der Waals surface area contributed by atoms with Crippen LogP contribution in [0.25, 0.3) is 0 Å². The van der Waals surface area contributed by atoms with E-state index in [0.717, 1.165) is 10.0 Å². The minimum atomic E-state index is -4.74. The lowest BCUT2D eigenvalue weighted by atomic mass is 9.86. The molecular weight excluding hydrogens is 830 g/mol. The summed E-state index contributed by atoms with van der Waals surface area (Å²) in [6, 6.07) is 19.4. The predicted octanol–water partition coefficient (Wildman–Crippen LogP) is 12.4. The number of nitrogens with zero attached hydrogens (tertiary/aromatic N) is 3. The number of benzene rings is 4. The average Bonchev–Trinajstić information content (AvgIpc) is 3.69. The van der Waals surface area contributed by atoms with Crippen molar-refractivity contribution >= 4 is 73.8 Å². The molecule has 0 amide bonds. The molecule has 4 aromatic carbocycles. The van der Waals surface area contributed by atoms with E-state index in [2.05, 4.69) is 26.2 Å². The summed E-state index contributed by atoms with van der Waals surface area (Å²) in [6.45, 7) is 3.55. The van der Waals surface area contributed by atoms with Crippen molar-refractivity contribution in [3.63, 3.8) is 0 Å². The van der Waals surface area contributed by atoms with E-state index in [0.29, 0.717) is 22.3 Å². The average molecular weight is 852 g/mol. The standard InChI is InChI=1S/C18H11Cl2F3N2O.C17H11BrCl2F3NO/c1-10-4-11(2-3-12(10)9-24)16-8-17(26-25-16,18(21,22)23)13-5-14(19)7-15(20)6-13;1-9-4-10(2-3-14(9)18)15-8-16(25-24-15,17(21,22)23)11-5-12(19)7-13(20)6-11/h2-7H,8H2,1H3;2-7H,8H2,1H3. The fourth-order valence-electron chi connectivity index (χ4n) is 5.48. The Bertz CT molecular complexity index is 2080. The number of halogens is 11. The van der Waals surface area contributed by atoms with E-state index in [-0.39, 0.29) is 42.6 Å². The van der Waals surface area contributed by atoms with Crippen LogP contribution >= 0.6 is 62.3 Å². The first-order valence-electron chi connectivity index (χ1n) is 14.6. The summed E-state index contributed by atoms with van der Waals surface area (Å²) in [5.74, 6) is 0. The topological polar surface area (TPSA) is 67.0 Å². The minimum absolute atomic E-state index is 0.0717. The molecule has 0 bridgehead atoms. The molecule has 0 N–H and O–H groups in total. The Morgan fingerprint density at radius 3 is 1.39 bits per heavy atom. The molecule has 2 heterocycles. The Morgan fingerprint density at radius 1 is 0.647 bits per heavy atom. The number of nitriles is 1. The number of hydrogen-bond acceptors (Lipinski definition) is 5. The van der Waals surface area contributed by atoms with Gasteiger partial charge in [-0.1, -0.05) is 84.8 Å². The van der Waals surface area contributed by atoms with Gasteiger partial charge in [0.2, 0.25) is 0 Å². The highest BCUT2D eigenvalue weighted by Crippen LogP contribution is 2.51. The van der Waals surface area contributed by atoms with Gasteiger partial charge >= 0.3 is 12.4 Å². The molecule has 4 aromatic rings. The van der Waals surface area contributed by atoms with Gasteiger partial charge in [-0.2, -0.15) is 31.6 Å². The van der Waals surface area contributed by atoms with Crippen LogP contribution in [-0.4, -0.2) is 23.8 Å². The molecule has 0 saturated carbocycles. The van der Waals surface area contributed by atoms with Crippen molar-refractivity contribution in [2.75, 3.05) is 0 Å². The maximum Gasteiger partial charge on any atom is 0.435 e. The lowest BCUT2D eigenvalue weighted by molar-refractivity contribution is -0.276. The molecule has 2 aliphatic heterocycles. The highest BCUT2D eigenvalue weighted by Gasteiger charge is 2.63. The molecular formula is C35H22BrCl4F6N3O2. The van der Waals surface area contributed by atoms with Crippen LogP contribution in [0.4, 0.5) is 26.3 Å². The van der Waals surface area contributed by atoms with Gasteiger partial charge in [0.15, 0.2) is 0 Å². The molecule has 0 aromatic heterocycles. The zero-order valence-corrected chi connectivity index (χ0v) is 30.8. The lowest BCUT2D eigenvalue weighted by Gasteiger charge is -2.29. The molecule has 0 radical (unpaired) electrons. The Morgan fingerprint density at radius 2 is 1.04 bits per heavy atom. The monoisotopic (exact) mass is 849 g/mol. The van der Waals surface area contributed by atoms with Gasteiger partial charge in [-0.25, -0.2) is 0 Å². The molecule has 2 aliphatic rings. The summed E-state index contributed by atoms with van der Waals surface area (Å²) in [7, 11) is 0. The highest BCUT2D eigenvalue weighted by atomic mass is 79.9. The SMILES string of the molecule is Cc1cc(C2=NOC(c3cc(Cl)cc(Cl)c3)(C(F)(F)F)C2)ccc1Br.Cc1cc(C2=NOC(c3cc(Cl)cc(Cl)c3)(C(F)(F)F)C2)ccc1C#N. The molecule has 0 saturated heterocycles. The van der Waals surface area contributed by atoms with E-state index in [4.69, 9.17) is 61.3 Å². The number of alkyl halides is 6. The van der Waals surface area contributed by atoms with E-state index < -0.39 is 36.4 Å². The third kappa shape index (κ3) is 7.83. The third-order valence-corrected chi connectivity index (χ3v) is 9.96. The van der Waals surface area contributed by atoms with Crippen LogP contribution in [0.15, 0.2) is 87.6 Å². The van der Waals surface area contributed by atoms with Gasteiger partial charge in [0.25, 0.3) is 11.2 Å². The summed E-state index contributed by atoms with van der Waals surface area (Å²) in [4.78, 5) is 9.92. The largest absolute Gasteiger partial charge is 0.435 e. The molecule has 2 unspecified atom stereocenters. The van der Waals surface area contributed by atoms with E-state index >= 15 is 0 Å². The van der Waals surface area contributed by atoms with Gasteiger partial charge < -0.3 is 9.68 Å². The summed E-state index contributed by atoms with van der Waals surface area (Å²) >= 11 is 26.9. The quantitative estimate of drug-likeness (QED) is 0.192. The van der Waals surface area contributed by atoms with E-state index in [1.165, 1.54) is 42.5 Å². The van der Waals surface area contributed by atoms with Gasteiger partial charge in [-0.05, 0) is 96.8 Å². The molecule has 5 nitrogen and oxygen atoms in total. The molecule has 0 spiro atoms. The smallest absolute Gasteiger partial charge is 0.374 e. The molecule has 2 atom stereocenters. The summed E-state index contributed by atoms with van der Waals surface area (Å²) < 4.78 is 84.4. The van der Waals surface area contributed by atoms with E-state index in [1.54, 1.807) is 37.3 Å². The number of hydrogen-bond donors (Lipinski definition) is 0. The summed E-state index contributed by atoms with van der Waals surface area (Å²) in [5, 5.41) is 16.7. The number of aryl methyl sites for hydroxylation is 2. The number of oxime groups is 2. The fraction of sp³-hybridized carbons (Fsp3) is 0.229. The van der Waals surface area contributed by atoms with Crippen molar-refractivity contribution < 1.29 is 36.0 Å². The van der Waals surface area contributed by atoms with E-state index in [9.17, 15) is 26.3 Å². The molecule has 266 valence electrons. The first kappa shape index (κ1) is 38.8. The van der Waals surface area contributed by atoms with Crippen molar-refractivity contribution in [1.29, 1.82) is 5.26 Å². The first-order valence-corrected chi connectivity index (χ1v) is 16.9. The van der Waals surface area contributed by atoms with Crippen molar-refractivity contribution in [3.05, 3.63) is 136 Å². The molecule has 16 heteroatoms. The Balaban J connectivity index is 0.000000198. The lowest BCUT2D eigenvalue weighted by Crippen LogP contribution is -2.42. The van der Waals surface area contributed by atoms with Crippen molar-refractivity contribution in [2.24, 2.45) is 10.3 Å². The Hall–Kier alpha value is -3.47. The van der Waals surface area contributed by atoms with Crippen LogP contribution in [0.2, 0.25) is 20.1 Å². The highest BCUT2D eigenvalue weighted by molar-refractivity contribution is 9.10. The third-order valence-electron chi connectivity index (χ3n) is 8.20. The van der Waals surface area contributed by atoms with Gasteiger partial charge in [0.05, 0.1) is 23.1 Å². The molecule has 0 aliphatic carbocycles. The zero-order chi connectivity index (χ0) is 37.5.